The van der Waals surface area contributed by atoms with Crippen LogP contribution >= 0.6 is 0 Å². The summed E-state index contributed by atoms with van der Waals surface area (Å²) in [6.07, 6.45) is 0.951. The van der Waals surface area contributed by atoms with Gasteiger partial charge in [-0.05, 0) is 25.1 Å². The first-order valence-electron chi connectivity index (χ1n) is 6.46. The highest BCUT2D eigenvalue weighted by molar-refractivity contribution is 5.92. The molecule has 1 aromatic carbocycles. The van der Waals surface area contributed by atoms with E-state index in [0.717, 1.165) is 13.0 Å². The predicted molar refractivity (Wildman–Crippen MR) is 75.4 cm³/mol. The highest BCUT2D eigenvalue weighted by Gasteiger charge is 2.09. The number of carbonyl (C=O) groups is 1. The molecule has 1 rings (SSSR count). The number of rotatable bonds is 8. The second-order valence-electron chi connectivity index (χ2n) is 4.28. The lowest BCUT2D eigenvalue weighted by Gasteiger charge is -2.19. The largest absolute Gasteiger partial charge is 0.497 e. The quantitative estimate of drug-likeness (QED) is 0.745. The van der Waals surface area contributed by atoms with E-state index in [1.165, 1.54) is 0 Å². The number of nitrogens with zero attached hydrogens (tertiary/aromatic N) is 1. The van der Waals surface area contributed by atoms with Gasteiger partial charge in [0.25, 0.3) is 0 Å². The molecule has 1 amide bonds. The molecule has 0 spiro atoms. The van der Waals surface area contributed by atoms with E-state index in [1.54, 1.807) is 13.2 Å². The van der Waals surface area contributed by atoms with Gasteiger partial charge >= 0.3 is 0 Å². The number of benzene rings is 1. The number of ether oxygens (including phenoxy) is 1. The van der Waals surface area contributed by atoms with Crippen molar-refractivity contribution in [2.45, 2.75) is 13.3 Å². The molecular formula is C14H22N2O3. The van der Waals surface area contributed by atoms with Gasteiger partial charge in [0.15, 0.2) is 0 Å². The molecule has 5 nitrogen and oxygen atoms in total. The summed E-state index contributed by atoms with van der Waals surface area (Å²) in [7, 11) is 1.59. The van der Waals surface area contributed by atoms with E-state index < -0.39 is 0 Å². The van der Waals surface area contributed by atoms with E-state index in [9.17, 15) is 4.79 Å². The summed E-state index contributed by atoms with van der Waals surface area (Å²) in [5.41, 5.74) is 0.713. The Morgan fingerprint density at radius 2 is 2.21 bits per heavy atom. The number of methoxy groups -OCH3 is 1. The molecule has 0 aliphatic rings. The Balaban J connectivity index is 2.53. The zero-order valence-electron chi connectivity index (χ0n) is 11.6. The standard InChI is InChI=1S/C14H22N2O3/c1-3-7-16(8-9-17)11-14(18)15-12-5-4-6-13(10-12)19-2/h4-6,10,17H,3,7-9,11H2,1-2H3,(H,15,18). The highest BCUT2D eigenvalue weighted by atomic mass is 16.5. The van der Waals surface area contributed by atoms with Gasteiger partial charge in [-0.1, -0.05) is 13.0 Å². The van der Waals surface area contributed by atoms with E-state index in [1.807, 2.05) is 30.0 Å². The number of nitrogens with one attached hydrogen (secondary N) is 1. The van der Waals surface area contributed by atoms with Crippen LogP contribution in [0.15, 0.2) is 24.3 Å². The first kappa shape index (κ1) is 15.5. The molecule has 0 heterocycles. The zero-order valence-corrected chi connectivity index (χ0v) is 11.6. The number of hydrogen-bond acceptors (Lipinski definition) is 4. The maximum atomic E-state index is 11.9. The molecule has 2 N–H and O–H groups in total. The average Bonchev–Trinajstić information content (AvgIpc) is 2.39. The molecule has 19 heavy (non-hydrogen) atoms. The summed E-state index contributed by atoms with van der Waals surface area (Å²) in [4.78, 5) is 13.8. The maximum Gasteiger partial charge on any atom is 0.238 e. The third-order valence-corrected chi connectivity index (χ3v) is 2.68. The highest BCUT2D eigenvalue weighted by Crippen LogP contribution is 2.16. The van der Waals surface area contributed by atoms with Crippen LogP contribution in [0.3, 0.4) is 0 Å². The summed E-state index contributed by atoms with van der Waals surface area (Å²) >= 11 is 0. The summed E-state index contributed by atoms with van der Waals surface area (Å²) in [5.74, 6) is 0.619. The second-order valence-corrected chi connectivity index (χ2v) is 4.28. The monoisotopic (exact) mass is 266 g/mol. The van der Waals surface area contributed by atoms with E-state index in [0.29, 0.717) is 18.0 Å². The molecule has 0 radical (unpaired) electrons. The van der Waals surface area contributed by atoms with Crippen LogP contribution in [-0.4, -0.2) is 49.3 Å². The lowest BCUT2D eigenvalue weighted by atomic mass is 10.3. The van der Waals surface area contributed by atoms with Gasteiger partial charge in [-0.3, -0.25) is 9.69 Å². The molecule has 1 aromatic rings. The van der Waals surface area contributed by atoms with Crippen LogP contribution in [0.25, 0.3) is 0 Å². The normalized spacial score (nSPS) is 10.5. The smallest absolute Gasteiger partial charge is 0.238 e. The molecule has 0 saturated carbocycles. The molecule has 0 unspecified atom stereocenters. The first-order valence-corrected chi connectivity index (χ1v) is 6.46. The van der Waals surface area contributed by atoms with Crippen LogP contribution in [0.2, 0.25) is 0 Å². The van der Waals surface area contributed by atoms with Gasteiger partial charge in [0.1, 0.15) is 5.75 Å². The minimum absolute atomic E-state index is 0.0619. The topological polar surface area (TPSA) is 61.8 Å². The third-order valence-electron chi connectivity index (χ3n) is 2.68. The van der Waals surface area contributed by atoms with Gasteiger partial charge < -0.3 is 15.2 Å². The van der Waals surface area contributed by atoms with Crippen molar-refractivity contribution in [2.75, 3.05) is 38.7 Å². The van der Waals surface area contributed by atoms with Gasteiger partial charge in [-0.15, -0.1) is 0 Å². The SMILES string of the molecule is CCCN(CCO)CC(=O)Nc1cccc(OC)c1. The molecule has 0 bridgehead atoms. The molecule has 0 atom stereocenters. The fourth-order valence-corrected chi connectivity index (χ4v) is 1.83. The first-order chi connectivity index (χ1) is 9.19. The fourth-order valence-electron chi connectivity index (χ4n) is 1.83. The molecule has 0 aliphatic heterocycles. The summed E-state index contributed by atoms with van der Waals surface area (Å²) in [6.45, 7) is 3.70. The van der Waals surface area contributed by atoms with Crippen molar-refractivity contribution in [3.05, 3.63) is 24.3 Å². The van der Waals surface area contributed by atoms with Gasteiger partial charge in [0, 0.05) is 18.3 Å². The Morgan fingerprint density at radius 3 is 2.84 bits per heavy atom. The average molecular weight is 266 g/mol. The molecular weight excluding hydrogens is 244 g/mol. The number of hydrogen-bond donors (Lipinski definition) is 2. The Bertz CT molecular complexity index is 390. The van der Waals surface area contributed by atoms with Crippen molar-refractivity contribution >= 4 is 11.6 Å². The van der Waals surface area contributed by atoms with Crippen LogP contribution in [0, 0.1) is 0 Å². The van der Waals surface area contributed by atoms with Crippen molar-refractivity contribution in [2.24, 2.45) is 0 Å². The van der Waals surface area contributed by atoms with Crippen LogP contribution < -0.4 is 10.1 Å². The minimum atomic E-state index is -0.0878. The lowest BCUT2D eigenvalue weighted by Crippen LogP contribution is -2.35. The van der Waals surface area contributed by atoms with Crippen molar-refractivity contribution in [1.82, 2.24) is 4.90 Å². The van der Waals surface area contributed by atoms with E-state index >= 15 is 0 Å². The van der Waals surface area contributed by atoms with E-state index in [2.05, 4.69) is 5.32 Å². The lowest BCUT2D eigenvalue weighted by molar-refractivity contribution is -0.117. The van der Waals surface area contributed by atoms with E-state index in [-0.39, 0.29) is 19.1 Å². The maximum absolute atomic E-state index is 11.9. The number of aliphatic hydroxyl groups excluding tert-OH is 1. The molecule has 5 heteroatoms. The van der Waals surface area contributed by atoms with Gasteiger partial charge in [-0.2, -0.15) is 0 Å². The molecule has 0 aliphatic carbocycles. The number of amides is 1. The van der Waals surface area contributed by atoms with Crippen molar-refractivity contribution < 1.29 is 14.6 Å². The predicted octanol–water partition coefficient (Wildman–Crippen LogP) is 1.34. The van der Waals surface area contributed by atoms with Crippen molar-refractivity contribution in [3.8, 4) is 5.75 Å². The van der Waals surface area contributed by atoms with Gasteiger partial charge in [0.05, 0.1) is 20.3 Å². The summed E-state index contributed by atoms with van der Waals surface area (Å²) in [5, 5.41) is 11.8. The molecule has 106 valence electrons. The van der Waals surface area contributed by atoms with E-state index in [4.69, 9.17) is 9.84 Å². The van der Waals surface area contributed by atoms with Crippen LogP contribution in [0.1, 0.15) is 13.3 Å². The molecule has 0 fully saturated rings. The van der Waals surface area contributed by atoms with Crippen LogP contribution in [0.5, 0.6) is 5.75 Å². The van der Waals surface area contributed by atoms with Gasteiger partial charge in [0.2, 0.25) is 5.91 Å². The van der Waals surface area contributed by atoms with Crippen molar-refractivity contribution in [3.63, 3.8) is 0 Å². The Kier molecular flexibility index (Phi) is 6.92. The van der Waals surface area contributed by atoms with Crippen LogP contribution in [0.4, 0.5) is 5.69 Å². The van der Waals surface area contributed by atoms with Gasteiger partial charge in [-0.25, -0.2) is 0 Å². The number of carbonyl (C=O) groups excluding carboxylic acids is 1. The fraction of sp³-hybridized carbons (Fsp3) is 0.500. The second kappa shape index (κ2) is 8.50. The molecule has 0 saturated heterocycles. The number of anilines is 1. The van der Waals surface area contributed by atoms with Crippen LogP contribution in [-0.2, 0) is 4.79 Å². The minimum Gasteiger partial charge on any atom is -0.497 e. The summed E-state index contributed by atoms with van der Waals surface area (Å²) in [6, 6.07) is 7.24. The Hall–Kier alpha value is -1.59. The zero-order chi connectivity index (χ0) is 14.1. The third kappa shape index (κ3) is 5.72. The Morgan fingerprint density at radius 1 is 1.42 bits per heavy atom. The number of aliphatic hydroxyl groups is 1. The summed E-state index contributed by atoms with van der Waals surface area (Å²) < 4.78 is 5.10. The molecule has 0 aromatic heterocycles. The Labute approximate surface area is 114 Å². The van der Waals surface area contributed by atoms with Crippen molar-refractivity contribution in [1.29, 1.82) is 0 Å².